The fourth-order valence-corrected chi connectivity index (χ4v) is 6.21. The summed E-state index contributed by atoms with van der Waals surface area (Å²) in [6, 6.07) is 10.5. The Kier molecular flexibility index (Phi) is 5.99. The van der Waals surface area contributed by atoms with Crippen molar-refractivity contribution >= 4 is 21.6 Å². The molecule has 7 rings (SSSR count). The minimum atomic E-state index is -1.04. The highest BCUT2D eigenvalue weighted by atomic mass is 32.1. The van der Waals surface area contributed by atoms with Crippen LogP contribution in [-0.4, -0.2) is 63.8 Å². The van der Waals surface area contributed by atoms with Crippen LogP contribution in [0.15, 0.2) is 48.9 Å². The number of nitrogens with zero attached hydrogens (tertiary/aromatic N) is 7. The van der Waals surface area contributed by atoms with Gasteiger partial charge in [-0.05, 0) is 55.5 Å². The molecule has 0 radical (unpaired) electrons. The van der Waals surface area contributed by atoms with Gasteiger partial charge in [-0.15, -0.1) is 16.4 Å². The van der Waals surface area contributed by atoms with E-state index in [-0.39, 0.29) is 12.4 Å². The Balaban J connectivity index is 1.19. The Morgan fingerprint density at radius 1 is 1.18 bits per heavy atom. The summed E-state index contributed by atoms with van der Waals surface area (Å²) in [5.41, 5.74) is 3.60. The number of rotatable bonds is 6. The van der Waals surface area contributed by atoms with Crippen LogP contribution in [0.5, 0.6) is 0 Å². The third-order valence-electron chi connectivity index (χ3n) is 7.50. The van der Waals surface area contributed by atoms with Crippen LogP contribution in [0, 0.1) is 12.7 Å². The Bertz CT molecular complexity index is 1660. The molecule has 4 unspecified atom stereocenters. The molecular formula is C27H26FN7O3S. The molecule has 200 valence electrons. The van der Waals surface area contributed by atoms with E-state index in [0.717, 1.165) is 39.3 Å². The van der Waals surface area contributed by atoms with E-state index in [1.54, 1.807) is 26.9 Å². The molecule has 1 saturated carbocycles. The van der Waals surface area contributed by atoms with E-state index >= 15 is 0 Å². The first-order valence-corrected chi connectivity index (χ1v) is 13.7. The number of aryl methyl sites for hydroxylation is 1. The Labute approximate surface area is 226 Å². The van der Waals surface area contributed by atoms with Gasteiger partial charge in [0, 0.05) is 12.0 Å². The number of halogens is 1. The smallest absolute Gasteiger partial charge is 0.161 e. The van der Waals surface area contributed by atoms with Gasteiger partial charge in [0.15, 0.2) is 5.82 Å². The highest BCUT2D eigenvalue weighted by Crippen LogP contribution is 2.42. The van der Waals surface area contributed by atoms with Crippen molar-refractivity contribution in [1.29, 1.82) is 0 Å². The number of aromatic nitrogens is 7. The van der Waals surface area contributed by atoms with E-state index in [1.165, 1.54) is 12.4 Å². The highest BCUT2D eigenvalue weighted by Gasteiger charge is 2.41. The van der Waals surface area contributed by atoms with E-state index < -0.39 is 24.4 Å². The zero-order valence-electron chi connectivity index (χ0n) is 21.1. The molecule has 0 amide bonds. The van der Waals surface area contributed by atoms with Crippen LogP contribution in [0.2, 0.25) is 0 Å². The maximum Gasteiger partial charge on any atom is 0.161 e. The van der Waals surface area contributed by atoms with E-state index in [1.807, 2.05) is 37.3 Å². The van der Waals surface area contributed by atoms with Gasteiger partial charge in [-0.25, -0.2) is 23.7 Å². The molecule has 2 N–H and O–H groups in total. The predicted octanol–water partition coefficient (Wildman–Crippen LogP) is 3.88. The van der Waals surface area contributed by atoms with Gasteiger partial charge >= 0.3 is 0 Å². The average Bonchev–Trinajstić information content (AvgIpc) is 3.30. The standard InChI is InChI=1S/C27H26FN7O3S/c1-14-31-20-7-5-17(9-25(20)39-14)35-27(29-13-30-35)23-10-22(26(37)24(12-36)38-23)34-11-21(32-33-34)16-4-6-18(15-2-3-15)19(28)8-16/h4-9,11,13,15,22-24,26,36-37H,2-3,10,12H2,1H3. The quantitative estimate of drug-likeness (QED) is 0.328. The van der Waals surface area contributed by atoms with Crippen molar-refractivity contribution in [3.05, 3.63) is 71.1 Å². The number of hydrogen-bond acceptors (Lipinski definition) is 9. The molecule has 0 bridgehead atoms. The Hall–Kier alpha value is -3.58. The van der Waals surface area contributed by atoms with Gasteiger partial charge in [0.25, 0.3) is 0 Å². The lowest BCUT2D eigenvalue weighted by atomic mass is 9.95. The van der Waals surface area contributed by atoms with Gasteiger partial charge in [0.1, 0.15) is 36.2 Å². The normalized spacial score (nSPS) is 23.5. The summed E-state index contributed by atoms with van der Waals surface area (Å²) in [5.74, 6) is 0.626. The molecule has 5 aromatic rings. The van der Waals surface area contributed by atoms with Crippen molar-refractivity contribution in [1.82, 2.24) is 34.7 Å². The second kappa shape index (κ2) is 9.56. The molecule has 1 saturated heterocycles. The summed E-state index contributed by atoms with van der Waals surface area (Å²) in [6.45, 7) is 1.58. The van der Waals surface area contributed by atoms with Crippen LogP contribution in [0.1, 0.15) is 53.7 Å². The number of hydrogen-bond donors (Lipinski definition) is 2. The number of aliphatic hydroxyl groups excluding tert-OH is 2. The maximum atomic E-state index is 14.7. The fraction of sp³-hybridized carbons (Fsp3) is 0.370. The van der Waals surface area contributed by atoms with Gasteiger partial charge in [0.2, 0.25) is 0 Å². The van der Waals surface area contributed by atoms with Crippen molar-refractivity contribution in [2.75, 3.05) is 6.61 Å². The highest BCUT2D eigenvalue weighted by molar-refractivity contribution is 7.18. The minimum absolute atomic E-state index is 0.234. The van der Waals surface area contributed by atoms with Gasteiger partial charge in [-0.3, -0.25) is 0 Å². The molecule has 10 nitrogen and oxygen atoms in total. The lowest BCUT2D eigenvalue weighted by Crippen LogP contribution is -2.45. The zero-order valence-corrected chi connectivity index (χ0v) is 21.9. The SMILES string of the molecule is Cc1nc2ccc(-n3ncnc3C3CC(n4cc(-c5ccc(C6CC6)c(F)c5)nn4)C(O)C(CO)O3)cc2s1. The van der Waals surface area contributed by atoms with Gasteiger partial charge in [-0.2, -0.15) is 5.10 Å². The van der Waals surface area contributed by atoms with Crippen LogP contribution >= 0.6 is 11.3 Å². The molecule has 2 aromatic carbocycles. The molecule has 1 aliphatic heterocycles. The molecule has 1 aliphatic carbocycles. The molecule has 0 spiro atoms. The molecule has 12 heteroatoms. The number of thiazole rings is 1. The van der Waals surface area contributed by atoms with Crippen LogP contribution < -0.4 is 0 Å². The van der Waals surface area contributed by atoms with Gasteiger partial charge in [0.05, 0.1) is 39.8 Å². The lowest BCUT2D eigenvalue weighted by Gasteiger charge is -2.38. The third-order valence-corrected chi connectivity index (χ3v) is 8.43. The third kappa shape index (κ3) is 4.42. The lowest BCUT2D eigenvalue weighted by molar-refractivity contribution is -0.161. The molecule has 2 aliphatic rings. The van der Waals surface area contributed by atoms with E-state index in [9.17, 15) is 14.6 Å². The molecule has 39 heavy (non-hydrogen) atoms. The minimum Gasteiger partial charge on any atom is -0.394 e. The predicted molar refractivity (Wildman–Crippen MR) is 141 cm³/mol. The van der Waals surface area contributed by atoms with Crippen molar-refractivity contribution in [2.24, 2.45) is 0 Å². The van der Waals surface area contributed by atoms with Crippen LogP contribution in [0.4, 0.5) is 4.39 Å². The average molecular weight is 548 g/mol. The number of benzene rings is 2. The van der Waals surface area contributed by atoms with Crippen LogP contribution in [0.25, 0.3) is 27.2 Å². The topological polar surface area (TPSA) is 124 Å². The summed E-state index contributed by atoms with van der Waals surface area (Å²) in [6.07, 6.45) is 3.03. The van der Waals surface area contributed by atoms with E-state index in [0.29, 0.717) is 29.4 Å². The molecule has 4 heterocycles. The fourth-order valence-electron chi connectivity index (χ4n) is 5.35. The van der Waals surface area contributed by atoms with Gasteiger partial charge in [-0.1, -0.05) is 17.3 Å². The molecular weight excluding hydrogens is 521 g/mol. The van der Waals surface area contributed by atoms with Crippen molar-refractivity contribution < 1.29 is 19.3 Å². The monoisotopic (exact) mass is 547 g/mol. The van der Waals surface area contributed by atoms with Crippen molar-refractivity contribution in [3.63, 3.8) is 0 Å². The number of fused-ring (bicyclic) bond motifs is 1. The summed E-state index contributed by atoms with van der Waals surface area (Å²) in [5, 5.41) is 35.0. The van der Waals surface area contributed by atoms with Crippen LogP contribution in [-0.2, 0) is 4.74 Å². The molecule has 4 atom stereocenters. The second-order valence-corrected chi connectivity index (χ2v) is 11.4. The summed E-state index contributed by atoms with van der Waals surface area (Å²) >= 11 is 1.60. The van der Waals surface area contributed by atoms with Crippen LogP contribution in [0.3, 0.4) is 0 Å². The first-order chi connectivity index (χ1) is 19.0. The molecule has 3 aromatic heterocycles. The second-order valence-electron chi connectivity index (χ2n) is 10.1. The molecule has 2 fully saturated rings. The van der Waals surface area contributed by atoms with Crippen molar-refractivity contribution in [2.45, 2.75) is 56.5 Å². The largest absolute Gasteiger partial charge is 0.394 e. The van der Waals surface area contributed by atoms with Gasteiger partial charge < -0.3 is 14.9 Å². The number of aliphatic hydroxyl groups is 2. The summed E-state index contributed by atoms with van der Waals surface area (Å²) in [4.78, 5) is 9.00. The summed E-state index contributed by atoms with van der Waals surface area (Å²) < 4.78 is 25.1. The number of ether oxygens (including phenoxy) is 1. The summed E-state index contributed by atoms with van der Waals surface area (Å²) in [7, 11) is 0. The Morgan fingerprint density at radius 3 is 2.85 bits per heavy atom. The van der Waals surface area contributed by atoms with E-state index in [2.05, 4.69) is 25.4 Å². The maximum absolute atomic E-state index is 14.7. The first-order valence-electron chi connectivity index (χ1n) is 12.9. The van der Waals surface area contributed by atoms with E-state index in [4.69, 9.17) is 4.74 Å². The van der Waals surface area contributed by atoms with Crippen molar-refractivity contribution in [3.8, 4) is 16.9 Å². The Morgan fingerprint density at radius 2 is 2.05 bits per heavy atom. The first kappa shape index (κ1) is 24.5. The zero-order chi connectivity index (χ0) is 26.7.